The first-order chi connectivity index (χ1) is 13.4. The van der Waals surface area contributed by atoms with Crippen LogP contribution in [-0.2, 0) is 15.8 Å². The van der Waals surface area contributed by atoms with Crippen molar-refractivity contribution in [3.63, 3.8) is 0 Å². The minimum Gasteiger partial charge on any atom is -0.369 e. The van der Waals surface area contributed by atoms with Crippen molar-refractivity contribution in [1.29, 1.82) is 0 Å². The Morgan fingerprint density at radius 1 is 1.11 bits per heavy atom. The van der Waals surface area contributed by atoms with Gasteiger partial charge in [0.25, 0.3) is 0 Å². The summed E-state index contributed by atoms with van der Waals surface area (Å²) in [4.78, 5) is 11.2. The van der Waals surface area contributed by atoms with Gasteiger partial charge in [0.1, 0.15) is 17.5 Å². The third-order valence-corrected chi connectivity index (χ3v) is 6.10. The van der Waals surface area contributed by atoms with Crippen LogP contribution in [-0.4, -0.2) is 44.6 Å². The Labute approximate surface area is 171 Å². The van der Waals surface area contributed by atoms with E-state index >= 15 is 0 Å². The molecule has 3 rings (SSSR count). The number of nitrogens with one attached hydrogen (secondary N) is 2. The van der Waals surface area contributed by atoms with Crippen LogP contribution < -0.4 is 14.9 Å². The monoisotopic (exact) mass is 423 g/mol. The summed E-state index contributed by atoms with van der Waals surface area (Å²) in [6.07, 6.45) is 3.63. The Hall–Kier alpha value is -1.90. The Bertz CT molecular complexity index is 901. The number of benzene rings is 1. The van der Waals surface area contributed by atoms with Crippen molar-refractivity contribution < 1.29 is 8.42 Å². The average Bonchev–Trinajstić information content (AvgIpc) is 2.65. The number of sulfonamides is 1. The van der Waals surface area contributed by atoms with E-state index in [1.807, 2.05) is 13.0 Å². The zero-order chi connectivity index (χ0) is 20.0. The summed E-state index contributed by atoms with van der Waals surface area (Å²) in [7, 11) is -3.43. The lowest BCUT2D eigenvalue weighted by molar-refractivity contribution is 0.572. The van der Waals surface area contributed by atoms with Gasteiger partial charge >= 0.3 is 0 Å². The molecule has 0 saturated carbocycles. The maximum atomic E-state index is 12.2. The number of hydrogen-bond acceptors (Lipinski definition) is 6. The topological polar surface area (TPSA) is 87.2 Å². The molecular formula is C19H26ClN5O2S. The molecule has 0 atom stereocenters. The highest BCUT2D eigenvalue weighted by atomic mass is 35.5. The zero-order valence-electron chi connectivity index (χ0n) is 16.0. The standard InChI is InChI=1S/C19H26ClN5O2S/c1-15-23-18(13-19(24-15)25-10-3-2-4-11-25)21-8-9-22-28(26,27)14-16-6-5-7-17(20)12-16/h5-7,12-13,22H,2-4,8-11,14H2,1H3,(H,21,23,24). The maximum Gasteiger partial charge on any atom is 0.215 e. The fraction of sp³-hybridized carbons (Fsp3) is 0.474. The summed E-state index contributed by atoms with van der Waals surface area (Å²) in [6.45, 7) is 4.60. The van der Waals surface area contributed by atoms with Crippen LogP contribution in [0.2, 0.25) is 5.02 Å². The van der Waals surface area contributed by atoms with Crippen molar-refractivity contribution in [3.8, 4) is 0 Å². The number of nitrogens with zero attached hydrogens (tertiary/aromatic N) is 3. The molecule has 1 fully saturated rings. The van der Waals surface area contributed by atoms with Gasteiger partial charge in [-0.15, -0.1) is 0 Å². The maximum absolute atomic E-state index is 12.2. The third-order valence-electron chi connectivity index (χ3n) is 4.50. The summed E-state index contributed by atoms with van der Waals surface area (Å²) in [6, 6.07) is 8.79. The smallest absolute Gasteiger partial charge is 0.215 e. The third kappa shape index (κ3) is 6.32. The molecule has 0 amide bonds. The first kappa shape index (κ1) is 20.8. The molecule has 2 heterocycles. The van der Waals surface area contributed by atoms with E-state index in [1.54, 1.807) is 24.3 Å². The molecule has 2 N–H and O–H groups in total. The van der Waals surface area contributed by atoms with E-state index < -0.39 is 10.0 Å². The lowest BCUT2D eigenvalue weighted by Gasteiger charge is -2.28. The van der Waals surface area contributed by atoms with Crippen molar-refractivity contribution in [1.82, 2.24) is 14.7 Å². The highest BCUT2D eigenvalue weighted by Gasteiger charge is 2.14. The van der Waals surface area contributed by atoms with E-state index in [9.17, 15) is 8.42 Å². The Morgan fingerprint density at radius 3 is 2.64 bits per heavy atom. The molecule has 0 bridgehead atoms. The molecule has 2 aromatic rings. The molecule has 9 heteroatoms. The fourth-order valence-corrected chi connectivity index (χ4v) is 4.57. The van der Waals surface area contributed by atoms with Gasteiger partial charge in [0.05, 0.1) is 5.75 Å². The van der Waals surface area contributed by atoms with Gasteiger partial charge in [-0.1, -0.05) is 23.7 Å². The van der Waals surface area contributed by atoms with E-state index in [-0.39, 0.29) is 12.3 Å². The SMILES string of the molecule is Cc1nc(NCCNS(=O)(=O)Cc2cccc(Cl)c2)cc(N2CCCCC2)n1. The van der Waals surface area contributed by atoms with Gasteiger partial charge in [0.2, 0.25) is 10.0 Å². The van der Waals surface area contributed by atoms with E-state index in [4.69, 9.17) is 11.6 Å². The highest BCUT2D eigenvalue weighted by Crippen LogP contribution is 2.20. The van der Waals surface area contributed by atoms with Gasteiger partial charge in [-0.25, -0.2) is 23.1 Å². The van der Waals surface area contributed by atoms with Crippen LogP contribution in [0.4, 0.5) is 11.6 Å². The van der Waals surface area contributed by atoms with Crippen molar-refractivity contribution >= 4 is 33.3 Å². The van der Waals surface area contributed by atoms with Crippen LogP contribution in [0, 0.1) is 6.92 Å². The lowest BCUT2D eigenvalue weighted by atomic mass is 10.1. The number of aromatic nitrogens is 2. The summed E-state index contributed by atoms with van der Waals surface area (Å²) in [5.41, 5.74) is 0.658. The van der Waals surface area contributed by atoms with Gasteiger partial charge in [0.15, 0.2) is 0 Å². The van der Waals surface area contributed by atoms with Gasteiger partial charge in [-0.2, -0.15) is 0 Å². The van der Waals surface area contributed by atoms with Crippen molar-refractivity contribution in [3.05, 3.63) is 46.7 Å². The van der Waals surface area contributed by atoms with Gasteiger partial charge in [-0.3, -0.25) is 0 Å². The van der Waals surface area contributed by atoms with E-state index in [0.717, 1.165) is 18.9 Å². The number of piperidine rings is 1. The first-order valence-electron chi connectivity index (χ1n) is 9.47. The molecule has 0 spiro atoms. The zero-order valence-corrected chi connectivity index (χ0v) is 17.6. The fourth-order valence-electron chi connectivity index (χ4n) is 3.22. The van der Waals surface area contributed by atoms with E-state index in [0.29, 0.717) is 28.8 Å². The van der Waals surface area contributed by atoms with Gasteiger partial charge in [-0.05, 0) is 43.9 Å². The molecule has 1 aliphatic heterocycles. The molecule has 7 nitrogen and oxygen atoms in total. The minimum absolute atomic E-state index is 0.0979. The van der Waals surface area contributed by atoms with Crippen molar-refractivity contribution in [2.24, 2.45) is 0 Å². The second-order valence-corrected chi connectivity index (χ2v) is 9.16. The van der Waals surface area contributed by atoms with Crippen molar-refractivity contribution in [2.75, 3.05) is 36.4 Å². The number of halogens is 1. The van der Waals surface area contributed by atoms with Crippen LogP contribution in [0.25, 0.3) is 0 Å². The molecule has 1 aliphatic rings. The molecule has 0 unspecified atom stereocenters. The number of aryl methyl sites for hydroxylation is 1. The number of hydrogen-bond donors (Lipinski definition) is 2. The van der Waals surface area contributed by atoms with Crippen molar-refractivity contribution in [2.45, 2.75) is 31.9 Å². The Balaban J connectivity index is 1.51. The number of anilines is 2. The van der Waals surface area contributed by atoms with Gasteiger partial charge in [0, 0.05) is 37.3 Å². The van der Waals surface area contributed by atoms with E-state index in [2.05, 4.69) is 24.9 Å². The summed E-state index contributed by atoms with van der Waals surface area (Å²) >= 11 is 5.91. The molecule has 152 valence electrons. The van der Waals surface area contributed by atoms with Crippen LogP contribution in [0.5, 0.6) is 0 Å². The molecular weight excluding hydrogens is 398 g/mol. The molecule has 28 heavy (non-hydrogen) atoms. The Morgan fingerprint density at radius 2 is 1.89 bits per heavy atom. The number of rotatable bonds is 8. The lowest BCUT2D eigenvalue weighted by Crippen LogP contribution is -2.31. The first-order valence-corrected chi connectivity index (χ1v) is 11.5. The van der Waals surface area contributed by atoms with Gasteiger partial charge < -0.3 is 10.2 Å². The second-order valence-electron chi connectivity index (χ2n) is 6.92. The largest absolute Gasteiger partial charge is 0.369 e. The molecule has 1 aromatic heterocycles. The predicted molar refractivity (Wildman–Crippen MR) is 113 cm³/mol. The molecule has 1 saturated heterocycles. The van der Waals surface area contributed by atoms with Crippen LogP contribution >= 0.6 is 11.6 Å². The minimum atomic E-state index is -3.43. The molecule has 0 aliphatic carbocycles. The van der Waals surface area contributed by atoms with Crippen LogP contribution in [0.1, 0.15) is 30.7 Å². The second kappa shape index (κ2) is 9.54. The van der Waals surface area contributed by atoms with Crippen LogP contribution in [0.15, 0.2) is 30.3 Å². The Kier molecular flexibility index (Phi) is 7.09. The summed E-state index contributed by atoms with van der Waals surface area (Å²) in [5.74, 6) is 2.24. The summed E-state index contributed by atoms with van der Waals surface area (Å²) < 4.78 is 27.0. The summed E-state index contributed by atoms with van der Waals surface area (Å²) in [5, 5.41) is 3.71. The molecule has 0 radical (unpaired) electrons. The van der Waals surface area contributed by atoms with Crippen LogP contribution in [0.3, 0.4) is 0 Å². The predicted octanol–water partition coefficient (Wildman–Crippen LogP) is 2.96. The highest BCUT2D eigenvalue weighted by molar-refractivity contribution is 7.88. The quantitative estimate of drug-likeness (QED) is 0.635. The molecule has 1 aromatic carbocycles. The normalized spacial score (nSPS) is 14.9. The van der Waals surface area contributed by atoms with E-state index in [1.165, 1.54) is 19.3 Å². The average molecular weight is 424 g/mol.